The Morgan fingerprint density at radius 1 is 0.705 bits per heavy atom. The molecule has 0 radical (unpaired) electrons. The van der Waals surface area contributed by atoms with Crippen LogP contribution >= 0.6 is 7.82 Å². The van der Waals surface area contributed by atoms with Gasteiger partial charge in [0.05, 0.1) is 19.8 Å². The van der Waals surface area contributed by atoms with E-state index in [1.54, 1.807) is 0 Å². The van der Waals surface area contributed by atoms with Crippen molar-refractivity contribution < 1.29 is 42.7 Å². The van der Waals surface area contributed by atoms with Gasteiger partial charge in [0.15, 0.2) is 0 Å². The number of phosphoric acid groups is 1. The molecule has 0 aromatic heterocycles. The summed E-state index contributed by atoms with van der Waals surface area (Å²) in [6.45, 7) is 3.80. The molecule has 3 unspecified atom stereocenters. The highest BCUT2D eigenvalue weighted by Gasteiger charge is 2.27. The Morgan fingerprint density at radius 3 is 1.80 bits per heavy atom. The zero-order valence-electron chi connectivity index (χ0n) is 27.8. The summed E-state index contributed by atoms with van der Waals surface area (Å²) >= 11 is 0. The predicted octanol–water partition coefficient (Wildman–Crippen LogP) is 8.25. The highest BCUT2D eigenvalue weighted by atomic mass is 31.2. The van der Waals surface area contributed by atoms with Crippen molar-refractivity contribution in [2.24, 2.45) is 5.73 Å². The minimum atomic E-state index is -4.60. The Bertz CT molecular complexity index is 766. The molecule has 0 amide bonds. The molecular formula is C33H64NO9P. The number of rotatable bonds is 33. The third-order valence-electron chi connectivity index (χ3n) is 7.29. The van der Waals surface area contributed by atoms with Crippen molar-refractivity contribution in [1.82, 2.24) is 0 Å². The Labute approximate surface area is 267 Å². The number of hydrogen-bond acceptors (Lipinski definition) is 8. The monoisotopic (exact) mass is 649 g/mol. The summed E-state index contributed by atoms with van der Waals surface area (Å²) in [5, 5.41) is 8.83. The summed E-state index contributed by atoms with van der Waals surface area (Å²) in [7, 11) is -4.60. The largest absolute Gasteiger partial charge is 0.480 e. The number of carbonyl (C=O) groups is 2. The van der Waals surface area contributed by atoms with E-state index in [0.29, 0.717) is 13.0 Å². The Hall–Kier alpha value is -1.29. The van der Waals surface area contributed by atoms with Gasteiger partial charge in [-0.25, -0.2) is 4.57 Å². The molecule has 11 heteroatoms. The first-order valence-corrected chi connectivity index (χ1v) is 18.7. The van der Waals surface area contributed by atoms with Gasteiger partial charge in [0, 0.05) is 13.0 Å². The fourth-order valence-electron chi connectivity index (χ4n) is 4.52. The number of ether oxygens (including phenoxy) is 2. The molecular weight excluding hydrogens is 585 g/mol. The number of aliphatic carboxylic acids is 1. The first kappa shape index (κ1) is 42.7. The van der Waals surface area contributed by atoms with E-state index < -0.39 is 45.1 Å². The molecule has 260 valence electrons. The van der Waals surface area contributed by atoms with Gasteiger partial charge in [0.25, 0.3) is 0 Å². The minimum Gasteiger partial charge on any atom is -0.480 e. The first-order chi connectivity index (χ1) is 21.2. The Morgan fingerprint density at radius 2 is 1.20 bits per heavy atom. The van der Waals surface area contributed by atoms with Crippen LogP contribution in [-0.4, -0.2) is 60.5 Å². The number of phosphoric ester groups is 1. The van der Waals surface area contributed by atoms with Crippen LogP contribution in [0.5, 0.6) is 0 Å². The van der Waals surface area contributed by atoms with Gasteiger partial charge in [0.2, 0.25) is 0 Å². The second-order valence-corrected chi connectivity index (χ2v) is 13.1. The summed E-state index contributed by atoms with van der Waals surface area (Å²) in [5.74, 6) is -1.78. The molecule has 0 aliphatic carbocycles. The maximum Gasteiger partial charge on any atom is 0.472 e. The minimum absolute atomic E-state index is 0.0166. The molecule has 0 spiro atoms. The Balaban J connectivity index is 4.35. The van der Waals surface area contributed by atoms with E-state index >= 15 is 0 Å². The van der Waals surface area contributed by atoms with Crippen LogP contribution in [0.2, 0.25) is 0 Å². The number of hydrogen-bond donors (Lipinski definition) is 3. The lowest BCUT2D eigenvalue weighted by Crippen LogP contribution is -2.34. The van der Waals surface area contributed by atoms with E-state index in [2.05, 4.69) is 30.5 Å². The smallest absolute Gasteiger partial charge is 0.472 e. The number of esters is 1. The summed E-state index contributed by atoms with van der Waals surface area (Å²) in [6, 6.07) is -1.47. The fraction of sp³-hybridized carbons (Fsp3) is 0.879. The number of allylic oxidation sites excluding steroid dienone is 2. The van der Waals surface area contributed by atoms with E-state index in [1.807, 2.05) is 0 Å². The van der Waals surface area contributed by atoms with Crippen LogP contribution in [0.4, 0.5) is 0 Å². The third-order valence-corrected chi connectivity index (χ3v) is 8.25. The van der Waals surface area contributed by atoms with Gasteiger partial charge in [0.1, 0.15) is 12.1 Å². The van der Waals surface area contributed by atoms with Gasteiger partial charge in [-0.05, 0) is 32.1 Å². The lowest BCUT2D eigenvalue weighted by molar-refractivity contribution is -0.154. The summed E-state index contributed by atoms with van der Waals surface area (Å²) in [4.78, 5) is 33.2. The SMILES string of the molecule is CCCC/C=C\CCCCCCCCOCC(COP(=O)(O)OCC(N)C(=O)O)OC(=O)CCCCCCCCCCCC. The van der Waals surface area contributed by atoms with Crippen LogP contribution in [0.1, 0.15) is 149 Å². The van der Waals surface area contributed by atoms with Crippen LogP contribution in [0, 0.1) is 0 Å². The average Bonchev–Trinajstić information content (AvgIpc) is 2.99. The van der Waals surface area contributed by atoms with Crippen molar-refractivity contribution in [2.45, 2.75) is 161 Å². The molecule has 0 aromatic rings. The fourth-order valence-corrected chi connectivity index (χ4v) is 5.30. The predicted molar refractivity (Wildman–Crippen MR) is 175 cm³/mol. The lowest BCUT2D eigenvalue weighted by Gasteiger charge is -2.20. The molecule has 0 aliphatic heterocycles. The molecule has 0 aromatic carbocycles. The molecule has 0 aliphatic rings. The quantitative estimate of drug-likeness (QED) is 0.0274. The molecule has 3 atom stereocenters. The second kappa shape index (κ2) is 30.4. The average molecular weight is 650 g/mol. The molecule has 10 nitrogen and oxygen atoms in total. The number of nitrogens with two attached hydrogens (primary N) is 1. The van der Waals surface area contributed by atoms with Gasteiger partial charge in [-0.3, -0.25) is 18.6 Å². The maximum absolute atomic E-state index is 12.5. The number of carbonyl (C=O) groups excluding carboxylic acids is 1. The van der Waals surface area contributed by atoms with Crippen molar-refractivity contribution in [1.29, 1.82) is 0 Å². The van der Waals surface area contributed by atoms with Gasteiger partial charge < -0.3 is 25.2 Å². The van der Waals surface area contributed by atoms with Crippen LogP contribution in [0.15, 0.2) is 12.2 Å². The topological polar surface area (TPSA) is 155 Å². The summed E-state index contributed by atoms with van der Waals surface area (Å²) in [6.07, 6.45) is 27.0. The molecule has 4 N–H and O–H groups in total. The van der Waals surface area contributed by atoms with E-state index in [-0.39, 0.29) is 13.0 Å². The van der Waals surface area contributed by atoms with Gasteiger partial charge in [-0.1, -0.05) is 122 Å². The Kier molecular flexibility index (Phi) is 29.5. The zero-order chi connectivity index (χ0) is 32.7. The van der Waals surface area contributed by atoms with Crippen molar-refractivity contribution >= 4 is 19.8 Å². The molecule has 0 bridgehead atoms. The normalized spacial score (nSPS) is 14.5. The maximum atomic E-state index is 12.5. The number of carboxylic acid groups (broad SMARTS) is 1. The third kappa shape index (κ3) is 29.4. The van der Waals surface area contributed by atoms with Gasteiger partial charge in [-0.2, -0.15) is 0 Å². The molecule has 0 saturated heterocycles. The van der Waals surface area contributed by atoms with Crippen molar-refractivity contribution in [2.75, 3.05) is 26.4 Å². The van der Waals surface area contributed by atoms with E-state index in [4.69, 9.17) is 24.8 Å². The molecule has 0 saturated carbocycles. The van der Waals surface area contributed by atoms with E-state index in [9.17, 15) is 19.0 Å². The first-order valence-electron chi connectivity index (χ1n) is 17.2. The summed E-state index contributed by atoms with van der Waals surface area (Å²) in [5.41, 5.74) is 5.32. The molecule has 44 heavy (non-hydrogen) atoms. The van der Waals surface area contributed by atoms with E-state index in [1.165, 1.54) is 83.5 Å². The second-order valence-electron chi connectivity index (χ2n) is 11.6. The molecule has 0 fully saturated rings. The van der Waals surface area contributed by atoms with Crippen LogP contribution in [-0.2, 0) is 32.7 Å². The van der Waals surface area contributed by atoms with Gasteiger partial charge >= 0.3 is 19.8 Å². The highest BCUT2D eigenvalue weighted by molar-refractivity contribution is 7.47. The highest BCUT2D eigenvalue weighted by Crippen LogP contribution is 2.43. The van der Waals surface area contributed by atoms with Crippen LogP contribution in [0.3, 0.4) is 0 Å². The van der Waals surface area contributed by atoms with Gasteiger partial charge in [-0.15, -0.1) is 0 Å². The number of unbranched alkanes of at least 4 members (excludes halogenated alkanes) is 17. The lowest BCUT2D eigenvalue weighted by atomic mass is 10.1. The molecule has 0 rings (SSSR count). The molecule has 0 heterocycles. The summed E-state index contributed by atoms with van der Waals surface area (Å²) < 4.78 is 33.0. The van der Waals surface area contributed by atoms with Crippen molar-refractivity contribution in [3.63, 3.8) is 0 Å². The van der Waals surface area contributed by atoms with Crippen molar-refractivity contribution in [3.05, 3.63) is 12.2 Å². The standard InChI is InChI=1S/C33H64NO9P/c1-3-5-7-9-11-13-15-16-18-20-22-24-26-40-27-30(28-41-44(38,39)42-29-31(34)33(36)37)43-32(35)25-23-21-19-17-14-12-10-8-6-4-2/h9,11,30-31H,3-8,10,12-29,34H2,1-2H3,(H,36,37)(H,38,39)/b11-9-. The van der Waals surface area contributed by atoms with Crippen molar-refractivity contribution in [3.8, 4) is 0 Å². The van der Waals surface area contributed by atoms with Crippen LogP contribution < -0.4 is 5.73 Å². The van der Waals surface area contributed by atoms with Crippen LogP contribution in [0.25, 0.3) is 0 Å². The number of carboxylic acids is 1. The van der Waals surface area contributed by atoms with E-state index in [0.717, 1.165) is 38.5 Å². The zero-order valence-corrected chi connectivity index (χ0v) is 28.7.